The average Bonchev–Trinajstić information content (AvgIpc) is 2.98. The number of fused-ring (bicyclic) bond motifs is 1. The lowest BCUT2D eigenvalue weighted by atomic mass is 10.00. The van der Waals surface area contributed by atoms with Crippen LogP contribution in [-0.2, 0) is 16.0 Å². The molecular formula is C28H30N4O3. The molecular weight excluding hydrogens is 440 g/mol. The first-order valence-electron chi connectivity index (χ1n) is 11.7. The van der Waals surface area contributed by atoms with Crippen molar-refractivity contribution in [1.29, 1.82) is 0 Å². The highest BCUT2D eigenvalue weighted by atomic mass is 16.3. The first-order chi connectivity index (χ1) is 16.8. The van der Waals surface area contributed by atoms with Crippen molar-refractivity contribution in [2.75, 3.05) is 11.9 Å². The summed E-state index contributed by atoms with van der Waals surface area (Å²) in [5.74, 6) is -0.298. The summed E-state index contributed by atoms with van der Waals surface area (Å²) in [5, 5.41) is 12.2. The number of aryl methyl sites for hydroxylation is 1. The summed E-state index contributed by atoms with van der Waals surface area (Å²) in [6, 6.07) is 22.6. The molecule has 0 aromatic heterocycles. The van der Waals surface area contributed by atoms with Crippen molar-refractivity contribution in [3.63, 3.8) is 0 Å². The number of hydrogen-bond donors (Lipinski definition) is 3. The number of benzene rings is 3. The zero-order valence-corrected chi connectivity index (χ0v) is 19.9. The van der Waals surface area contributed by atoms with Crippen LogP contribution in [0.2, 0.25) is 0 Å². The summed E-state index contributed by atoms with van der Waals surface area (Å²) in [4.78, 5) is 32.8. The third-order valence-electron chi connectivity index (χ3n) is 6.30. The fraction of sp³-hybridized carbons (Fsp3) is 0.250. The fourth-order valence-electron chi connectivity index (χ4n) is 4.26. The van der Waals surface area contributed by atoms with Crippen LogP contribution in [0.4, 0.5) is 5.69 Å². The van der Waals surface area contributed by atoms with Crippen LogP contribution in [0.1, 0.15) is 30.0 Å². The quantitative estimate of drug-likeness (QED) is 0.492. The highest BCUT2D eigenvalue weighted by Gasteiger charge is 2.36. The Hall–Kier alpha value is -3.97. The van der Waals surface area contributed by atoms with Gasteiger partial charge in [-0.15, -0.1) is 0 Å². The predicted molar refractivity (Wildman–Crippen MR) is 138 cm³/mol. The third-order valence-corrected chi connectivity index (χ3v) is 6.30. The van der Waals surface area contributed by atoms with E-state index in [4.69, 9.17) is 10.7 Å². The number of para-hydroxylation sites is 1. The van der Waals surface area contributed by atoms with Gasteiger partial charge in [-0.25, -0.2) is 0 Å². The number of phenols is 1. The molecule has 2 unspecified atom stereocenters. The molecule has 1 aliphatic heterocycles. The number of nitrogens with two attached hydrogens (primary N) is 1. The van der Waals surface area contributed by atoms with Crippen molar-refractivity contribution in [3.8, 4) is 5.75 Å². The standard InChI is InChI=1S/C28H30N4O3/c1-18(30-24(34)17-14-19-12-15-21(33)16-13-19)27(35)26-28(29)32(2)23-11-7-6-10-22(23)25(31-26)20-8-4-3-5-9-20/h3-13,15-16,18,26,28,33H,14,17,29H2,1-2H3,(H,30,34)/t18?,26?,28-/m0/s1. The predicted octanol–water partition coefficient (Wildman–Crippen LogP) is 3.04. The van der Waals surface area contributed by atoms with Crippen molar-refractivity contribution in [2.45, 2.75) is 38.0 Å². The van der Waals surface area contributed by atoms with E-state index in [-0.39, 0.29) is 23.9 Å². The molecule has 0 spiro atoms. The number of carbonyl (C=O) groups excluding carboxylic acids is 2. The number of rotatable bonds is 7. The fourth-order valence-corrected chi connectivity index (χ4v) is 4.26. The number of nitrogens with one attached hydrogen (secondary N) is 1. The molecule has 0 fully saturated rings. The van der Waals surface area contributed by atoms with E-state index in [1.807, 2.05) is 66.5 Å². The highest BCUT2D eigenvalue weighted by molar-refractivity contribution is 6.17. The largest absolute Gasteiger partial charge is 0.508 e. The third kappa shape index (κ3) is 5.41. The van der Waals surface area contributed by atoms with Crippen molar-refractivity contribution < 1.29 is 14.7 Å². The van der Waals surface area contributed by atoms with Crippen LogP contribution in [-0.4, -0.2) is 47.8 Å². The lowest BCUT2D eigenvalue weighted by molar-refractivity contribution is -0.128. The number of anilines is 1. The minimum absolute atomic E-state index is 0.180. The maximum atomic E-state index is 13.5. The normalized spacial score (nSPS) is 18.1. The molecule has 1 amide bonds. The average molecular weight is 471 g/mol. The first-order valence-corrected chi connectivity index (χ1v) is 11.7. The van der Waals surface area contributed by atoms with E-state index < -0.39 is 18.2 Å². The summed E-state index contributed by atoms with van der Waals surface area (Å²) in [5.41, 5.74) is 10.9. The summed E-state index contributed by atoms with van der Waals surface area (Å²) in [6.07, 6.45) is 0.0362. The van der Waals surface area contributed by atoms with Gasteiger partial charge in [0.2, 0.25) is 5.91 Å². The second-order valence-corrected chi connectivity index (χ2v) is 8.77. The molecule has 0 saturated heterocycles. The number of benzodiazepines with no additional fused rings is 1. The van der Waals surface area contributed by atoms with Crippen molar-refractivity contribution >= 4 is 23.1 Å². The van der Waals surface area contributed by atoms with Gasteiger partial charge in [0.05, 0.1) is 11.8 Å². The molecule has 180 valence electrons. The van der Waals surface area contributed by atoms with E-state index in [9.17, 15) is 14.7 Å². The number of nitrogens with zero attached hydrogens (tertiary/aromatic N) is 2. The minimum Gasteiger partial charge on any atom is -0.508 e. The molecule has 0 bridgehead atoms. The Labute approximate surface area is 205 Å². The summed E-state index contributed by atoms with van der Waals surface area (Å²) >= 11 is 0. The van der Waals surface area contributed by atoms with Crippen LogP contribution >= 0.6 is 0 Å². The number of likely N-dealkylation sites (N-methyl/N-ethyl adjacent to an activating group) is 1. The smallest absolute Gasteiger partial charge is 0.220 e. The lowest BCUT2D eigenvalue weighted by Crippen LogP contribution is -2.55. The van der Waals surface area contributed by atoms with Gasteiger partial charge in [-0.05, 0) is 37.1 Å². The summed E-state index contributed by atoms with van der Waals surface area (Å²) < 4.78 is 0. The molecule has 7 nitrogen and oxygen atoms in total. The molecule has 0 saturated carbocycles. The van der Waals surface area contributed by atoms with Crippen molar-refractivity contribution in [2.24, 2.45) is 10.7 Å². The molecule has 35 heavy (non-hydrogen) atoms. The van der Waals surface area contributed by atoms with Gasteiger partial charge < -0.3 is 21.1 Å². The van der Waals surface area contributed by atoms with Gasteiger partial charge in [-0.2, -0.15) is 0 Å². The van der Waals surface area contributed by atoms with E-state index in [0.717, 1.165) is 22.4 Å². The Morgan fingerprint density at radius 1 is 1.03 bits per heavy atom. The van der Waals surface area contributed by atoms with Crippen LogP contribution in [0, 0.1) is 0 Å². The molecule has 0 radical (unpaired) electrons. The van der Waals surface area contributed by atoms with Crippen molar-refractivity contribution in [3.05, 3.63) is 95.6 Å². The molecule has 4 rings (SSSR count). The Morgan fingerprint density at radius 2 is 1.69 bits per heavy atom. The van der Waals surface area contributed by atoms with Gasteiger partial charge >= 0.3 is 0 Å². The monoisotopic (exact) mass is 470 g/mol. The number of hydrogen-bond acceptors (Lipinski definition) is 6. The molecule has 3 atom stereocenters. The second kappa shape index (κ2) is 10.5. The Balaban J connectivity index is 1.54. The maximum absolute atomic E-state index is 13.5. The van der Waals surface area contributed by atoms with Crippen LogP contribution in [0.15, 0.2) is 83.9 Å². The highest BCUT2D eigenvalue weighted by Crippen LogP contribution is 2.29. The Kier molecular flexibility index (Phi) is 7.27. The molecule has 1 aliphatic rings. The number of ketones is 1. The van der Waals surface area contributed by atoms with E-state index in [1.54, 1.807) is 31.2 Å². The van der Waals surface area contributed by atoms with Crippen LogP contribution in [0.5, 0.6) is 5.75 Å². The van der Waals surface area contributed by atoms with Gasteiger partial charge in [0.15, 0.2) is 5.78 Å². The summed E-state index contributed by atoms with van der Waals surface area (Å²) in [6.45, 7) is 1.67. The van der Waals surface area contributed by atoms with Crippen LogP contribution in [0.25, 0.3) is 0 Å². The number of aliphatic imine (C=N–C) groups is 1. The molecule has 7 heteroatoms. The van der Waals surface area contributed by atoms with Gasteiger partial charge in [-0.3, -0.25) is 14.6 Å². The van der Waals surface area contributed by atoms with Crippen LogP contribution < -0.4 is 16.0 Å². The van der Waals surface area contributed by atoms with Crippen LogP contribution in [0.3, 0.4) is 0 Å². The SMILES string of the molecule is CC(NC(=O)CCc1ccc(O)cc1)C(=O)C1N=C(c2ccccc2)c2ccccc2N(C)[C@@H]1N. The van der Waals surface area contributed by atoms with Crippen molar-refractivity contribution in [1.82, 2.24) is 5.32 Å². The van der Waals surface area contributed by atoms with Gasteiger partial charge in [0.1, 0.15) is 18.0 Å². The van der Waals surface area contributed by atoms with Gasteiger partial charge in [-0.1, -0.05) is 60.7 Å². The molecule has 1 heterocycles. The van der Waals surface area contributed by atoms with E-state index in [2.05, 4.69) is 5.32 Å². The number of aromatic hydroxyl groups is 1. The Bertz CT molecular complexity index is 1220. The topological polar surface area (TPSA) is 108 Å². The first kappa shape index (κ1) is 24.2. The number of phenolic OH excluding ortho intramolecular Hbond substituents is 1. The van der Waals surface area contributed by atoms with Gasteiger partial charge in [0, 0.05) is 30.3 Å². The zero-order valence-electron chi connectivity index (χ0n) is 19.9. The van der Waals surface area contributed by atoms with E-state index >= 15 is 0 Å². The summed E-state index contributed by atoms with van der Waals surface area (Å²) in [7, 11) is 1.86. The number of Topliss-reactive ketones (excluding diaryl/α,β-unsaturated/α-hetero) is 1. The van der Waals surface area contributed by atoms with E-state index in [0.29, 0.717) is 12.1 Å². The second-order valence-electron chi connectivity index (χ2n) is 8.77. The Morgan fingerprint density at radius 3 is 2.40 bits per heavy atom. The minimum atomic E-state index is -0.866. The van der Waals surface area contributed by atoms with E-state index in [1.165, 1.54) is 0 Å². The molecule has 0 aliphatic carbocycles. The molecule has 3 aromatic rings. The van der Waals surface area contributed by atoms with Gasteiger partial charge in [0.25, 0.3) is 0 Å². The molecule has 4 N–H and O–H groups in total. The zero-order chi connectivity index (χ0) is 24.9. The number of amides is 1. The molecule has 3 aromatic carbocycles. The lowest BCUT2D eigenvalue weighted by Gasteiger charge is -2.30. The maximum Gasteiger partial charge on any atom is 0.220 e. The number of carbonyl (C=O) groups is 2.